The highest BCUT2D eigenvalue weighted by molar-refractivity contribution is 7.99. The van der Waals surface area contributed by atoms with Crippen LogP contribution in [0.15, 0.2) is 45.9 Å². The van der Waals surface area contributed by atoms with Gasteiger partial charge in [-0.15, -0.1) is 16.9 Å². The predicted molar refractivity (Wildman–Crippen MR) is 89.2 cm³/mol. The third-order valence-electron chi connectivity index (χ3n) is 3.09. The zero-order chi connectivity index (χ0) is 16.6. The van der Waals surface area contributed by atoms with Gasteiger partial charge in [0.05, 0.1) is 0 Å². The van der Waals surface area contributed by atoms with Crippen molar-refractivity contribution < 1.29 is 18.7 Å². The number of thioether (sulfide) groups is 1. The van der Waals surface area contributed by atoms with E-state index in [-0.39, 0.29) is 17.8 Å². The van der Waals surface area contributed by atoms with Gasteiger partial charge in [0.1, 0.15) is 19.5 Å². The fraction of sp³-hybridized carbons (Fsp3) is 0.312. The molecule has 126 valence electrons. The van der Waals surface area contributed by atoms with E-state index < -0.39 is 0 Å². The van der Waals surface area contributed by atoms with Gasteiger partial charge in [-0.2, -0.15) is 0 Å². The summed E-state index contributed by atoms with van der Waals surface area (Å²) >= 11 is 1.72. The molecular formula is C16H17N3O4S. The average molecular weight is 347 g/mol. The minimum Gasteiger partial charge on any atom is -0.494 e. The smallest absolute Gasteiger partial charge is 0.322 e. The van der Waals surface area contributed by atoms with Crippen LogP contribution >= 0.6 is 11.8 Å². The van der Waals surface area contributed by atoms with E-state index in [4.69, 9.17) is 13.9 Å². The number of carbonyl (C=O) groups is 1. The molecule has 0 bridgehead atoms. The Balaban J connectivity index is 1.40. The number of benzene rings is 1. The van der Waals surface area contributed by atoms with Crippen LogP contribution in [0.25, 0.3) is 5.76 Å². The van der Waals surface area contributed by atoms with Crippen molar-refractivity contribution in [2.45, 2.75) is 17.7 Å². The Labute approximate surface area is 143 Å². The summed E-state index contributed by atoms with van der Waals surface area (Å²) in [5, 5.41) is 10.2. The van der Waals surface area contributed by atoms with E-state index >= 15 is 0 Å². The lowest BCUT2D eigenvalue weighted by atomic mass is 10.3. The number of rotatable bonds is 7. The molecule has 1 aliphatic heterocycles. The van der Waals surface area contributed by atoms with Crippen LogP contribution in [0.3, 0.4) is 0 Å². The molecule has 0 saturated heterocycles. The van der Waals surface area contributed by atoms with Crippen LogP contribution in [0.4, 0.5) is 6.01 Å². The van der Waals surface area contributed by atoms with E-state index in [9.17, 15) is 4.79 Å². The first-order valence-electron chi connectivity index (χ1n) is 7.57. The van der Waals surface area contributed by atoms with Crippen molar-refractivity contribution in [3.8, 4) is 0 Å². The molecule has 2 heterocycles. The number of carbonyl (C=O) groups excluding carboxylic acids is 1. The summed E-state index contributed by atoms with van der Waals surface area (Å²) in [5.74, 6) is 1.26. The van der Waals surface area contributed by atoms with E-state index in [1.807, 2.05) is 18.2 Å². The summed E-state index contributed by atoms with van der Waals surface area (Å²) in [6, 6.07) is 10.1. The van der Waals surface area contributed by atoms with Gasteiger partial charge < -0.3 is 13.9 Å². The Bertz CT molecular complexity index is 702. The molecule has 1 aromatic heterocycles. The van der Waals surface area contributed by atoms with Crippen LogP contribution in [0.2, 0.25) is 0 Å². The number of hydrogen-bond acceptors (Lipinski definition) is 7. The maximum Gasteiger partial charge on any atom is 0.322 e. The Morgan fingerprint density at radius 2 is 2.08 bits per heavy atom. The molecule has 3 rings (SSSR count). The number of hydrogen-bond donors (Lipinski definition) is 1. The zero-order valence-corrected chi connectivity index (χ0v) is 13.8. The molecule has 0 fully saturated rings. The molecule has 0 unspecified atom stereocenters. The molecule has 1 aromatic carbocycles. The molecule has 24 heavy (non-hydrogen) atoms. The third-order valence-corrected chi connectivity index (χ3v) is 4.19. The van der Waals surface area contributed by atoms with Gasteiger partial charge in [-0.05, 0) is 24.3 Å². The number of ether oxygens (including phenoxy) is 2. The fourth-order valence-electron chi connectivity index (χ4n) is 1.98. The summed E-state index contributed by atoms with van der Waals surface area (Å²) in [7, 11) is 0. The zero-order valence-electron chi connectivity index (χ0n) is 12.9. The van der Waals surface area contributed by atoms with E-state index in [1.165, 1.54) is 11.2 Å². The van der Waals surface area contributed by atoms with Gasteiger partial charge in [-0.3, -0.25) is 10.1 Å². The number of nitrogens with zero attached hydrogens (tertiary/aromatic N) is 2. The SMILES string of the molecule is O=C(CCCSc1ccccc1)Nc1nnc(C2=COCCO2)o1. The van der Waals surface area contributed by atoms with Crippen LogP contribution in [-0.4, -0.2) is 35.1 Å². The van der Waals surface area contributed by atoms with E-state index in [0.29, 0.717) is 25.4 Å². The van der Waals surface area contributed by atoms with Gasteiger partial charge in [0.2, 0.25) is 11.7 Å². The maximum atomic E-state index is 11.9. The highest BCUT2D eigenvalue weighted by Crippen LogP contribution is 2.20. The fourth-order valence-corrected chi connectivity index (χ4v) is 2.85. The van der Waals surface area contributed by atoms with Gasteiger partial charge >= 0.3 is 6.01 Å². The van der Waals surface area contributed by atoms with Gasteiger partial charge in [-0.25, -0.2) is 0 Å². The summed E-state index contributed by atoms with van der Waals surface area (Å²) in [5.41, 5.74) is 0. The van der Waals surface area contributed by atoms with Crippen molar-refractivity contribution in [2.75, 3.05) is 24.3 Å². The molecule has 1 amide bonds. The largest absolute Gasteiger partial charge is 0.494 e. The van der Waals surface area contributed by atoms with E-state index in [0.717, 1.165) is 12.2 Å². The minimum absolute atomic E-state index is 0.0563. The first-order valence-corrected chi connectivity index (χ1v) is 8.56. The summed E-state index contributed by atoms with van der Waals surface area (Å²) in [4.78, 5) is 13.1. The highest BCUT2D eigenvalue weighted by atomic mass is 32.2. The summed E-state index contributed by atoms with van der Waals surface area (Å²) < 4.78 is 15.8. The van der Waals surface area contributed by atoms with Crippen LogP contribution in [0, 0.1) is 0 Å². The molecule has 7 nitrogen and oxygen atoms in total. The highest BCUT2D eigenvalue weighted by Gasteiger charge is 2.17. The standard InChI is InChI=1S/C16H17N3O4S/c20-14(7-4-10-24-12-5-2-1-3-6-12)17-16-19-18-15(23-16)13-11-21-8-9-22-13/h1-3,5-6,11H,4,7-10H2,(H,17,19,20). The van der Waals surface area contributed by atoms with Crippen molar-refractivity contribution in [1.82, 2.24) is 10.2 Å². The lowest BCUT2D eigenvalue weighted by Gasteiger charge is -2.11. The second-order valence-corrected chi connectivity index (χ2v) is 6.10. The summed E-state index contributed by atoms with van der Waals surface area (Å²) in [6.45, 7) is 0.914. The minimum atomic E-state index is -0.159. The van der Waals surface area contributed by atoms with Crippen LogP contribution in [-0.2, 0) is 14.3 Å². The third kappa shape index (κ3) is 4.76. The van der Waals surface area contributed by atoms with Crippen molar-refractivity contribution >= 4 is 29.4 Å². The van der Waals surface area contributed by atoms with Crippen molar-refractivity contribution in [3.63, 3.8) is 0 Å². The van der Waals surface area contributed by atoms with Crippen LogP contribution in [0.1, 0.15) is 18.7 Å². The topological polar surface area (TPSA) is 86.5 Å². The Kier molecular flexibility index (Phi) is 5.73. The molecule has 8 heteroatoms. The summed E-state index contributed by atoms with van der Waals surface area (Å²) in [6.07, 6.45) is 2.57. The molecule has 1 N–H and O–H groups in total. The second-order valence-electron chi connectivity index (χ2n) is 4.93. The van der Waals surface area contributed by atoms with Gasteiger partial charge in [0.25, 0.3) is 5.89 Å². The molecule has 0 spiro atoms. The Morgan fingerprint density at radius 3 is 2.88 bits per heavy atom. The first-order chi connectivity index (χ1) is 11.8. The van der Waals surface area contributed by atoms with Crippen molar-refractivity contribution in [2.24, 2.45) is 0 Å². The molecule has 2 aromatic rings. The normalized spacial score (nSPS) is 13.6. The molecule has 0 radical (unpaired) electrons. The monoisotopic (exact) mass is 347 g/mol. The van der Waals surface area contributed by atoms with Gasteiger partial charge in [-0.1, -0.05) is 23.3 Å². The Morgan fingerprint density at radius 1 is 1.21 bits per heavy atom. The van der Waals surface area contributed by atoms with Crippen molar-refractivity contribution in [3.05, 3.63) is 42.5 Å². The number of aromatic nitrogens is 2. The van der Waals surface area contributed by atoms with Crippen LogP contribution < -0.4 is 5.32 Å². The molecule has 0 aliphatic carbocycles. The number of anilines is 1. The van der Waals surface area contributed by atoms with Crippen LogP contribution in [0.5, 0.6) is 0 Å². The maximum absolute atomic E-state index is 11.9. The molecule has 0 atom stereocenters. The van der Waals surface area contributed by atoms with E-state index in [1.54, 1.807) is 11.8 Å². The lowest BCUT2D eigenvalue weighted by molar-refractivity contribution is -0.116. The lowest BCUT2D eigenvalue weighted by Crippen LogP contribution is -2.11. The predicted octanol–water partition coefficient (Wildman–Crippen LogP) is 2.93. The Hall–Kier alpha value is -2.48. The number of nitrogens with one attached hydrogen (secondary N) is 1. The molecular weight excluding hydrogens is 330 g/mol. The van der Waals surface area contributed by atoms with E-state index in [2.05, 4.69) is 27.6 Å². The molecule has 1 aliphatic rings. The van der Waals surface area contributed by atoms with Gasteiger partial charge in [0.15, 0.2) is 0 Å². The van der Waals surface area contributed by atoms with Gasteiger partial charge in [0, 0.05) is 11.3 Å². The second kappa shape index (κ2) is 8.39. The molecule has 0 saturated carbocycles. The number of amides is 1. The quantitative estimate of drug-likeness (QED) is 0.608. The first kappa shape index (κ1) is 16.4. The average Bonchev–Trinajstić information content (AvgIpc) is 3.09. The van der Waals surface area contributed by atoms with Crippen molar-refractivity contribution in [1.29, 1.82) is 0 Å².